The minimum absolute atomic E-state index is 0.334. The number of amides is 1. The lowest BCUT2D eigenvalue weighted by molar-refractivity contribution is -0.142. The molecule has 130 valence electrons. The van der Waals surface area contributed by atoms with Crippen molar-refractivity contribution in [3.05, 3.63) is 65.7 Å². The monoisotopic (exact) mass is 339 g/mol. The summed E-state index contributed by atoms with van der Waals surface area (Å²) in [4.78, 5) is 23.6. The Morgan fingerprint density at radius 1 is 1.12 bits per heavy atom. The number of carbonyl (C=O) groups is 2. The molecule has 1 N–H and O–H groups in total. The van der Waals surface area contributed by atoms with E-state index >= 15 is 0 Å². The van der Waals surface area contributed by atoms with Gasteiger partial charge in [-0.1, -0.05) is 37.3 Å². The maximum absolute atomic E-state index is 11.9. The third-order valence-corrected chi connectivity index (χ3v) is 3.52. The van der Waals surface area contributed by atoms with Gasteiger partial charge in [0.05, 0.1) is 7.11 Å². The molecule has 2 rings (SSSR count). The standard InChI is InChI=1S/C20H21NO4/c1-3-16-8-4-5-10-18(16)21-19(22)14-25-20(23)12-11-15-7-6-9-17(13-15)24-2/h4-13H,3,14H2,1-2H3,(H,21,22). The van der Waals surface area contributed by atoms with Crippen LogP contribution in [-0.2, 0) is 20.7 Å². The molecule has 0 unspecified atom stereocenters. The van der Waals surface area contributed by atoms with Gasteiger partial charge in [-0.15, -0.1) is 0 Å². The van der Waals surface area contributed by atoms with Crippen LogP contribution in [0, 0.1) is 0 Å². The maximum atomic E-state index is 11.9. The molecule has 0 spiro atoms. The van der Waals surface area contributed by atoms with Crippen molar-refractivity contribution in [3.8, 4) is 5.75 Å². The van der Waals surface area contributed by atoms with Crippen LogP contribution in [0.4, 0.5) is 5.69 Å². The van der Waals surface area contributed by atoms with E-state index in [0.717, 1.165) is 23.2 Å². The van der Waals surface area contributed by atoms with Crippen LogP contribution in [0.15, 0.2) is 54.6 Å². The van der Waals surface area contributed by atoms with Gasteiger partial charge in [0.1, 0.15) is 5.75 Å². The normalized spacial score (nSPS) is 10.5. The van der Waals surface area contributed by atoms with E-state index in [1.54, 1.807) is 19.3 Å². The number of esters is 1. The zero-order valence-corrected chi connectivity index (χ0v) is 14.3. The number of methoxy groups -OCH3 is 1. The fraction of sp³-hybridized carbons (Fsp3) is 0.200. The number of carbonyl (C=O) groups excluding carboxylic acids is 2. The Balaban J connectivity index is 1.84. The fourth-order valence-electron chi connectivity index (χ4n) is 2.23. The van der Waals surface area contributed by atoms with E-state index in [1.807, 2.05) is 49.4 Å². The van der Waals surface area contributed by atoms with Crippen molar-refractivity contribution in [2.75, 3.05) is 19.0 Å². The molecule has 0 saturated carbocycles. The number of hydrogen-bond donors (Lipinski definition) is 1. The Bertz CT molecular complexity index is 768. The first-order valence-electron chi connectivity index (χ1n) is 7.99. The summed E-state index contributed by atoms with van der Waals surface area (Å²) in [6, 6.07) is 14.8. The van der Waals surface area contributed by atoms with Crippen LogP contribution in [0.1, 0.15) is 18.1 Å². The summed E-state index contributed by atoms with van der Waals surface area (Å²) in [6.07, 6.45) is 3.69. The molecule has 0 atom stereocenters. The summed E-state index contributed by atoms with van der Waals surface area (Å²) in [7, 11) is 1.58. The van der Waals surface area contributed by atoms with Crippen molar-refractivity contribution < 1.29 is 19.1 Å². The number of hydrogen-bond acceptors (Lipinski definition) is 4. The fourth-order valence-corrected chi connectivity index (χ4v) is 2.23. The van der Waals surface area contributed by atoms with Gasteiger partial charge in [0.15, 0.2) is 6.61 Å². The quantitative estimate of drug-likeness (QED) is 0.620. The topological polar surface area (TPSA) is 64.6 Å². The summed E-state index contributed by atoms with van der Waals surface area (Å²) in [5, 5.41) is 2.75. The number of anilines is 1. The molecule has 5 nitrogen and oxygen atoms in total. The number of rotatable bonds is 7. The zero-order chi connectivity index (χ0) is 18.1. The third kappa shape index (κ3) is 5.80. The number of aryl methyl sites for hydroxylation is 1. The summed E-state index contributed by atoms with van der Waals surface area (Å²) < 4.78 is 10.1. The van der Waals surface area contributed by atoms with Gasteiger partial charge >= 0.3 is 5.97 Å². The third-order valence-electron chi connectivity index (χ3n) is 3.52. The van der Waals surface area contributed by atoms with Crippen LogP contribution >= 0.6 is 0 Å². The second-order valence-electron chi connectivity index (χ2n) is 5.28. The molecule has 25 heavy (non-hydrogen) atoms. The number of ether oxygens (including phenoxy) is 2. The van der Waals surface area contributed by atoms with Gasteiger partial charge in [0.2, 0.25) is 0 Å². The summed E-state index contributed by atoms with van der Waals surface area (Å²) in [5.41, 5.74) is 2.57. The van der Waals surface area contributed by atoms with Gasteiger partial charge in [0.25, 0.3) is 5.91 Å². The lowest BCUT2D eigenvalue weighted by Crippen LogP contribution is -2.20. The van der Waals surface area contributed by atoms with E-state index in [0.29, 0.717) is 5.75 Å². The van der Waals surface area contributed by atoms with Crippen LogP contribution < -0.4 is 10.1 Å². The Labute approximate surface area is 147 Å². The first-order valence-corrected chi connectivity index (χ1v) is 7.99. The van der Waals surface area contributed by atoms with Crippen LogP contribution in [-0.4, -0.2) is 25.6 Å². The maximum Gasteiger partial charge on any atom is 0.331 e. The highest BCUT2D eigenvalue weighted by atomic mass is 16.5. The number of nitrogens with one attached hydrogen (secondary N) is 1. The Morgan fingerprint density at radius 3 is 2.68 bits per heavy atom. The van der Waals surface area contributed by atoms with Crippen molar-refractivity contribution in [1.29, 1.82) is 0 Å². The molecule has 0 radical (unpaired) electrons. The SMILES string of the molecule is CCc1ccccc1NC(=O)COC(=O)C=Cc1cccc(OC)c1. The molecule has 0 aliphatic rings. The molecule has 0 aromatic heterocycles. The van der Waals surface area contributed by atoms with Crippen molar-refractivity contribution in [2.45, 2.75) is 13.3 Å². The second-order valence-corrected chi connectivity index (χ2v) is 5.28. The lowest BCUT2D eigenvalue weighted by atomic mass is 10.1. The summed E-state index contributed by atoms with van der Waals surface area (Å²) in [6.45, 7) is 1.67. The minimum atomic E-state index is -0.582. The Kier molecular flexibility index (Phi) is 6.77. The molecule has 0 fully saturated rings. The van der Waals surface area contributed by atoms with Gasteiger partial charge < -0.3 is 14.8 Å². The van der Waals surface area contributed by atoms with Crippen LogP contribution in [0.25, 0.3) is 6.08 Å². The number of benzene rings is 2. The highest BCUT2D eigenvalue weighted by molar-refractivity contribution is 5.95. The average Bonchev–Trinajstić information content (AvgIpc) is 2.65. The van der Waals surface area contributed by atoms with E-state index in [2.05, 4.69) is 5.32 Å². The lowest BCUT2D eigenvalue weighted by Gasteiger charge is -2.09. The predicted molar refractivity (Wildman–Crippen MR) is 97.4 cm³/mol. The Hall–Kier alpha value is -3.08. The first-order chi connectivity index (χ1) is 12.1. The van der Waals surface area contributed by atoms with Gasteiger partial charge in [-0.3, -0.25) is 4.79 Å². The van der Waals surface area contributed by atoms with Gasteiger partial charge in [-0.2, -0.15) is 0 Å². The van der Waals surface area contributed by atoms with Crippen molar-refractivity contribution in [3.63, 3.8) is 0 Å². The molecule has 0 aliphatic carbocycles. The number of para-hydroxylation sites is 1. The molecule has 5 heteroatoms. The second kappa shape index (κ2) is 9.27. The summed E-state index contributed by atoms with van der Waals surface area (Å²) >= 11 is 0. The van der Waals surface area contributed by atoms with Crippen molar-refractivity contribution in [2.24, 2.45) is 0 Å². The molecule has 0 saturated heterocycles. The van der Waals surface area contributed by atoms with Gasteiger partial charge in [0, 0.05) is 11.8 Å². The molecular weight excluding hydrogens is 318 g/mol. The van der Waals surface area contributed by atoms with Crippen molar-refractivity contribution in [1.82, 2.24) is 0 Å². The highest BCUT2D eigenvalue weighted by Crippen LogP contribution is 2.15. The van der Waals surface area contributed by atoms with Gasteiger partial charge in [-0.05, 0) is 41.8 Å². The summed E-state index contributed by atoms with van der Waals surface area (Å²) in [5.74, 6) is -0.254. The molecule has 0 aliphatic heterocycles. The Morgan fingerprint density at radius 2 is 1.92 bits per heavy atom. The van der Waals surface area contributed by atoms with Crippen LogP contribution in [0.3, 0.4) is 0 Å². The molecular formula is C20H21NO4. The predicted octanol–water partition coefficient (Wildman–Crippen LogP) is 3.45. The van der Waals surface area contributed by atoms with Crippen LogP contribution in [0.2, 0.25) is 0 Å². The van der Waals surface area contributed by atoms with E-state index in [9.17, 15) is 9.59 Å². The van der Waals surface area contributed by atoms with Crippen molar-refractivity contribution >= 4 is 23.6 Å². The zero-order valence-electron chi connectivity index (χ0n) is 14.3. The molecule has 1 amide bonds. The highest BCUT2D eigenvalue weighted by Gasteiger charge is 2.07. The smallest absolute Gasteiger partial charge is 0.331 e. The molecule has 2 aromatic carbocycles. The first kappa shape index (κ1) is 18.3. The molecule has 0 heterocycles. The van der Waals surface area contributed by atoms with Crippen LogP contribution in [0.5, 0.6) is 5.75 Å². The van der Waals surface area contributed by atoms with Gasteiger partial charge in [-0.25, -0.2) is 4.79 Å². The largest absolute Gasteiger partial charge is 0.497 e. The molecule has 0 bridgehead atoms. The molecule has 2 aromatic rings. The van der Waals surface area contributed by atoms with E-state index in [1.165, 1.54) is 6.08 Å². The minimum Gasteiger partial charge on any atom is -0.497 e. The van der Waals surface area contributed by atoms with E-state index in [4.69, 9.17) is 9.47 Å². The van der Waals surface area contributed by atoms with E-state index in [-0.39, 0.29) is 12.5 Å². The average molecular weight is 339 g/mol. The van der Waals surface area contributed by atoms with E-state index < -0.39 is 5.97 Å².